The van der Waals surface area contributed by atoms with Gasteiger partial charge in [-0.05, 0) is 38.5 Å². The number of hydrogen-bond acceptors (Lipinski definition) is 5. The maximum Gasteiger partial charge on any atom is 0.191 e. The second-order valence-electron chi connectivity index (χ2n) is 6.49. The van der Waals surface area contributed by atoms with Gasteiger partial charge in [0.2, 0.25) is 0 Å². The molecular formula is C20H23ClN4O2S. The Hall–Kier alpha value is -2.09. The number of aryl methyl sites for hydroxylation is 2. The zero-order valence-electron chi connectivity index (χ0n) is 16.2. The molecule has 0 aliphatic heterocycles. The van der Waals surface area contributed by atoms with Crippen LogP contribution in [0, 0.1) is 13.8 Å². The summed E-state index contributed by atoms with van der Waals surface area (Å²) in [5.74, 6) is 1.06. The zero-order valence-corrected chi connectivity index (χ0v) is 17.7. The SMILES string of the molecule is COCCCn1c(SCC(=O)c2cc(C)[nH]c2C)nnc1-c1ccccc1Cl. The van der Waals surface area contributed by atoms with Gasteiger partial charge in [0.05, 0.1) is 10.8 Å². The first kappa shape index (κ1) is 20.6. The van der Waals surface area contributed by atoms with E-state index in [2.05, 4.69) is 15.2 Å². The van der Waals surface area contributed by atoms with Gasteiger partial charge in [-0.2, -0.15) is 0 Å². The quantitative estimate of drug-likeness (QED) is 0.313. The Labute approximate surface area is 173 Å². The van der Waals surface area contributed by atoms with Crippen LogP contribution in [0.25, 0.3) is 11.4 Å². The lowest BCUT2D eigenvalue weighted by molar-refractivity contribution is 0.102. The maximum absolute atomic E-state index is 12.6. The number of H-pyrrole nitrogens is 1. The maximum atomic E-state index is 12.6. The van der Waals surface area contributed by atoms with E-state index >= 15 is 0 Å². The second kappa shape index (κ2) is 9.41. The summed E-state index contributed by atoms with van der Waals surface area (Å²) in [5, 5.41) is 9.99. The number of methoxy groups -OCH3 is 1. The number of carbonyl (C=O) groups is 1. The summed E-state index contributed by atoms with van der Waals surface area (Å²) in [6.45, 7) is 5.16. The van der Waals surface area contributed by atoms with Gasteiger partial charge in [0.15, 0.2) is 16.8 Å². The van der Waals surface area contributed by atoms with Gasteiger partial charge in [-0.1, -0.05) is 35.5 Å². The zero-order chi connectivity index (χ0) is 20.1. The van der Waals surface area contributed by atoms with E-state index < -0.39 is 0 Å². The molecular weight excluding hydrogens is 396 g/mol. The summed E-state index contributed by atoms with van der Waals surface area (Å²) in [5.41, 5.74) is 3.42. The van der Waals surface area contributed by atoms with Crippen molar-refractivity contribution in [2.75, 3.05) is 19.5 Å². The summed E-state index contributed by atoms with van der Waals surface area (Å²) in [6, 6.07) is 9.44. The largest absolute Gasteiger partial charge is 0.385 e. The monoisotopic (exact) mass is 418 g/mol. The van der Waals surface area contributed by atoms with Crippen LogP contribution >= 0.6 is 23.4 Å². The molecule has 1 N–H and O–H groups in total. The molecule has 8 heteroatoms. The Bertz CT molecular complexity index is 967. The molecule has 28 heavy (non-hydrogen) atoms. The van der Waals surface area contributed by atoms with Crippen molar-refractivity contribution in [3.05, 3.63) is 52.3 Å². The number of nitrogens with zero attached hydrogens (tertiary/aromatic N) is 3. The first-order valence-electron chi connectivity index (χ1n) is 9.00. The molecule has 148 valence electrons. The van der Waals surface area contributed by atoms with Crippen LogP contribution in [-0.4, -0.2) is 45.0 Å². The number of thioether (sulfide) groups is 1. The van der Waals surface area contributed by atoms with E-state index in [4.69, 9.17) is 16.3 Å². The number of aromatic amines is 1. The van der Waals surface area contributed by atoms with Crippen molar-refractivity contribution >= 4 is 29.1 Å². The van der Waals surface area contributed by atoms with Crippen LogP contribution in [0.5, 0.6) is 0 Å². The number of hydrogen-bond donors (Lipinski definition) is 1. The fourth-order valence-electron chi connectivity index (χ4n) is 3.03. The summed E-state index contributed by atoms with van der Waals surface area (Å²) >= 11 is 7.75. The third-order valence-electron chi connectivity index (χ3n) is 4.34. The molecule has 0 saturated heterocycles. The fraction of sp³-hybridized carbons (Fsp3) is 0.350. The first-order valence-corrected chi connectivity index (χ1v) is 10.4. The molecule has 2 aromatic heterocycles. The van der Waals surface area contributed by atoms with Crippen molar-refractivity contribution in [1.29, 1.82) is 0 Å². The van der Waals surface area contributed by atoms with Crippen molar-refractivity contribution in [2.24, 2.45) is 0 Å². The van der Waals surface area contributed by atoms with Crippen molar-refractivity contribution in [3.8, 4) is 11.4 Å². The number of ketones is 1. The Morgan fingerprint density at radius 3 is 2.75 bits per heavy atom. The van der Waals surface area contributed by atoms with Gasteiger partial charge in [0.25, 0.3) is 0 Å². The van der Waals surface area contributed by atoms with Crippen LogP contribution in [-0.2, 0) is 11.3 Å². The Balaban J connectivity index is 1.83. The third-order valence-corrected chi connectivity index (χ3v) is 5.64. The molecule has 0 saturated carbocycles. The van der Waals surface area contributed by atoms with Crippen LogP contribution < -0.4 is 0 Å². The standard InChI is InChI=1S/C20H23ClN4O2S/c1-13-11-16(14(2)22-13)18(26)12-28-20-24-23-19(25(20)9-6-10-27-3)15-7-4-5-8-17(15)21/h4-5,7-8,11,22H,6,9-10,12H2,1-3H3. The highest BCUT2D eigenvalue weighted by Crippen LogP contribution is 2.30. The number of halogens is 1. The number of aromatic nitrogens is 4. The molecule has 0 fully saturated rings. The number of Topliss-reactive ketones (excluding diaryl/α,β-unsaturated/α-hetero) is 1. The molecule has 0 bridgehead atoms. The number of rotatable bonds is 9. The van der Waals surface area contributed by atoms with Crippen LogP contribution in [0.4, 0.5) is 0 Å². The van der Waals surface area contributed by atoms with E-state index in [1.807, 2.05) is 48.7 Å². The topological polar surface area (TPSA) is 72.8 Å². The minimum atomic E-state index is 0.0672. The lowest BCUT2D eigenvalue weighted by Crippen LogP contribution is -2.08. The smallest absolute Gasteiger partial charge is 0.191 e. The van der Waals surface area contributed by atoms with E-state index in [-0.39, 0.29) is 5.78 Å². The van der Waals surface area contributed by atoms with Gasteiger partial charge in [0.1, 0.15) is 0 Å². The van der Waals surface area contributed by atoms with Crippen molar-refractivity contribution in [3.63, 3.8) is 0 Å². The van der Waals surface area contributed by atoms with Crippen LogP contribution in [0.1, 0.15) is 28.2 Å². The molecule has 3 rings (SSSR count). The number of ether oxygens (including phenoxy) is 1. The summed E-state index contributed by atoms with van der Waals surface area (Å²) in [4.78, 5) is 15.8. The van der Waals surface area contributed by atoms with Crippen molar-refractivity contribution in [2.45, 2.75) is 32.0 Å². The summed E-state index contributed by atoms with van der Waals surface area (Å²) in [7, 11) is 1.68. The first-order chi connectivity index (χ1) is 13.5. The van der Waals surface area contributed by atoms with Gasteiger partial charge in [-0.3, -0.25) is 4.79 Å². The van der Waals surface area contributed by atoms with Gasteiger partial charge < -0.3 is 14.3 Å². The van der Waals surface area contributed by atoms with E-state index in [0.29, 0.717) is 34.9 Å². The lowest BCUT2D eigenvalue weighted by atomic mass is 10.2. The molecule has 1 aromatic carbocycles. The van der Waals surface area contributed by atoms with Crippen molar-refractivity contribution in [1.82, 2.24) is 19.7 Å². The Morgan fingerprint density at radius 1 is 1.29 bits per heavy atom. The van der Waals surface area contributed by atoms with Crippen LogP contribution in [0.2, 0.25) is 5.02 Å². The predicted octanol–water partition coefficient (Wildman–Crippen LogP) is 4.55. The molecule has 0 radical (unpaired) electrons. The van der Waals surface area contributed by atoms with Gasteiger partial charge in [-0.15, -0.1) is 10.2 Å². The molecule has 0 spiro atoms. The van der Waals surface area contributed by atoms with E-state index in [9.17, 15) is 4.79 Å². The number of carbonyl (C=O) groups excluding carboxylic acids is 1. The minimum absolute atomic E-state index is 0.0672. The second-order valence-corrected chi connectivity index (χ2v) is 7.84. The van der Waals surface area contributed by atoms with E-state index in [0.717, 1.165) is 28.9 Å². The average Bonchev–Trinajstić information content (AvgIpc) is 3.23. The average molecular weight is 419 g/mol. The Morgan fingerprint density at radius 2 is 2.07 bits per heavy atom. The lowest BCUT2D eigenvalue weighted by Gasteiger charge is -2.10. The molecule has 2 heterocycles. The van der Waals surface area contributed by atoms with Crippen LogP contribution in [0.15, 0.2) is 35.5 Å². The highest BCUT2D eigenvalue weighted by molar-refractivity contribution is 7.99. The summed E-state index contributed by atoms with van der Waals surface area (Å²) in [6.07, 6.45) is 0.809. The number of nitrogens with one attached hydrogen (secondary N) is 1. The minimum Gasteiger partial charge on any atom is -0.385 e. The van der Waals surface area contributed by atoms with Gasteiger partial charge in [-0.25, -0.2) is 0 Å². The Kier molecular flexibility index (Phi) is 6.93. The molecule has 0 atom stereocenters. The van der Waals surface area contributed by atoms with Crippen LogP contribution in [0.3, 0.4) is 0 Å². The molecule has 3 aromatic rings. The van der Waals surface area contributed by atoms with Crippen molar-refractivity contribution < 1.29 is 9.53 Å². The third kappa shape index (κ3) is 4.66. The normalized spacial score (nSPS) is 11.1. The van der Waals surface area contributed by atoms with Gasteiger partial charge in [0, 0.05) is 42.8 Å². The predicted molar refractivity (Wildman–Crippen MR) is 112 cm³/mol. The highest BCUT2D eigenvalue weighted by Gasteiger charge is 2.18. The van der Waals surface area contributed by atoms with E-state index in [1.54, 1.807) is 7.11 Å². The molecule has 0 aliphatic rings. The molecule has 0 amide bonds. The molecule has 6 nitrogen and oxygen atoms in total. The fourth-order valence-corrected chi connectivity index (χ4v) is 4.10. The van der Waals surface area contributed by atoms with E-state index in [1.165, 1.54) is 11.8 Å². The molecule has 0 unspecified atom stereocenters. The highest BCUT2D eigenvalue weighted by atomic mass is 35.5. The summed E-state index contributed by atoms with van der Waals surface area (Å²) < 4.78 is 7.18. The molecule has 0 aliphatic carbocycles. The van der Waals surface area contributed by atoms with Gasteiger partial charge >= 0.3 is 0 Å². The number of benzene rings is 1.